The fraction of sp³-hybridized carbons (Fsp3) is 0.667. The summed E-state index contributed by atoms with van der Waals surface area (Å²) < 4.78 is 0. The summed E-state index contributed by atoms with van der Waals surface area (Å²) in [5, 5.41) is 20.3. The number of ketones is 1. The lowest BCUT2D eigenvalue weighted by Crippen LogP contribution is -2.62. The van der Waals surface area contributed by atoms with Crippen LogP contribution in [0.5, 0.6) is 0 Å². The van der Waals surface area contributed by atoms with Crippen molar-refractivity contribution in [2.75, 3.05) is 13.1 Å². The number of hydrogen-bond donors (Lipinski definition) is 5. The molecule has 1 saturated heterocycles. The maximum atomic E-state index is 14.4. The molecule has 2 fully saturated rings. The molecule has 0 aromatic rings. The summed E-state index contributed by atoms with van der Waals surface area (Å²) in [6.45, 7) is 18.3. The first-order chi connectivity index (χ1) is 23.6. The zero-order valence-electron chi connectivity index (χ0n) is 31.1. The summed E-state index contributed by atoms with van der Waals surface area (Å²) >= 11 is 0. The van der Waals surface area contributed by atoms with E-state index in [0.29, 0.717) is 12.8 Å². The van der Waals surface area contributed by atoms with E-state index in [-0.39, 0.29) is 42.0 Å². The first-order valence-electron chi connectivity index (χ1n) is 17.5. The van der Waals surface area contributed by atoms with Crippen molar-refractivity contribution in [2.45, 2.75) is 112 Å². The molecule has 5 atom stereocenters. The number of rotatable bonds is 14. The topological polar surface area (TPSA) is 221 Å². The second-order valence-electron chi connectivity index (χ2n) is 16.4. The van der Waals surface area contributed by atoms with Crippen molar-refractivity contribution in [1.29, 1.82) is 0 Å². The number of oxime groups is 1. The van der Waals surface area contributed by atoms with E-state index in [9.17, 15) is 33.6 Å². The highest BCUT2D eigenvalue weighted by atomic mass is 16.4. The molecule has 1 aliphatic carbocycles. The predicted molar refractivity (Wildman–Crippen MR) is 189 cm³/mol. The van der Waals surface area contributed by atoms with Crippen molar-refractivity contribution < 1.29 is 38.8 Å². The third kappa shape index (κ3) is 9.61. The van der Waals surface area contributed by atoms with E-state index in [1.54, 1.807) is 20.8 Å². The molecule has 6 N–H and O–H groups in total. The molecule has 282 valence electrons. The highest BCUT2D eigenvalue weighted by Gasteiger charge is 2.47. The van der Waals surface area contributed by atoms with Crippen LogP contribution < -0.4 is 21.7 Å². The predicted octanol–water partition coefficient (Wildman–Crippen LogP) is 2.03. The van der Waals surface area contributed by atoms with Crippen molar-refractivity contribution in [3.8, 4) is 0 Å². The number of nitrogens with two attached hydrogens (primary N) is 1. The van der Waals surface area contributed by atoms with Gasteiger partial charge in [0.1, 0.15) is 12.1 Å². The fourth-order valence-corrected chi connectivity index (χ4v) is 6.60. The molecule has 7 amide bonds. The number of nitrogens with one attached hydrogen (secondary N) is 3. The number of imide groups is 1. The molecule has 0 aromatic carbocycles. The third-order valence-electron chi connectivity index (χ3n) is 10.3. The van der Waals surface area contributed by atoms with Crippen LogP contribution in [0.15, 0.2) is 29.0 Å². The van der Waals surface area contributed by atoms with Crippen LogP contribution in [-0.2, 0) is 28.8 Å². The zero-order chi connectivity index (χ0) is 38.6. The largest absolute Gasteiger partial charge is 0.411 e. The first kappa shape index (κ1) is 40.9. The number of Topliss-reactive ketones (excluding diaryl/α,β-unsaturated/α-hetero) is 1. The SMILES string of the molecule is C=CC1=C(/C=N/O)C(=O)N(C[C@@H](NC(=O)N[C@H](C(=O)N2C[C@H](C(C)C)C[C@H]2C(=O)NC(CC2CCC2)C(=O)C(N)=O)C(C)(C)C)C(C)(C)C)C1=O. The van der Waals surface area contributed by atoms with Gasteiger partial charge in [-0.1, -0.05) is 92.5 Å². The molecular weight excluding hydrogens is 658 g/mol. The van der Waals surface area contributed by atoms with Gasteiger partial charge in [-0.2, -0.15) is 0 Å². The van der Waals surface area contributed by atoms with E-state index in [1.807, 2.05) is 34.6 Å². The van der Waals surface area contributed by atoms with Crippen molar-refractivity contribution in [3.63, 3.8) is 0 Å². The Hall–Kier alpha value is -4.56. The van der Waals surface area contributed by atoms with Crippen LogP contribution in [-0.4, -0.2) is 99.8 Å². The van der Waals surface area contributed by atoms with E-state index in [2.05, 4.69) is 27.7 Å². The number of nitrogens with zero attached hydrogens (tertiary/aromatic N) is 3. The molecule has 0 radical (unpaired) electrons. The van der Waals surface area contributed by atoms with Gasteiger partial charge < -0.3 is 31.8 Å². The van der Waals surface area contributed by atoms with Crippen LogP contribution >= 0.6 is 0 Å². The molecule has 0 aromatic heterocycles. The van der Waals surface area contributed by atoms with Crippen molar-refractivity contribution >= 4 is 47.6 Å². The van der Waals surface area contributed by atoms with Crippen LogP contribution in [0.25, 0.3) is 0 Å². The Balaban J connectivity index is 1.84. The van der Waals surface area contributed by atoms with Crippen LogP contribution in [0.4, 0.5) is 4.79 Å². The number of hydrogen-bond acceptors (Lipinski definition) is 9. The molecule has 0 bridgehead atoms. The number of amides is 7. The van der Waals surface area contributed by atoms with E-state index < -0.39 is 76.3 Å². The Morgan fingerprint density at radius 2 is 1.59 bits per heavy atom. The second kappa shape index (κ2) is 16.2. The van der Waals surface area contributed by atoms with Gasteiger partial charge >= 0.3 is 6.03 Å². The van der Waals surface area contributed by atoms with Crippen molar-refractivity contribution in [2.24, 2.45) is 39.5 Å². The van der Waals surface area contributed by atoms with E-state index >= 15 is 0 Å². The molecule has 1 unspecified atom stereocenters. The number of urea groups is 1. The molecule has 15 heteroatoms. The minimum atomic E-state index is -1.13. The molecule has 15 nitrogen and oxygen atoms in total. The molecule has 3 aliphatic rings. The van der Waals surface area contributed by atoms with Gasteiger partial charge in [0.25, 0.3) is 17.7 Å². The summed E-state index contributed by atoms with van der Waals surface area (Å²) in [6, 6.07) is -4.69. The monoisotopic (exact) mass is 713 g/mol. The lowest BCUT2D eigenvalue weighted by molar-refractivity contribution is -0.143. The Morgan fingerprint density at radius 1 is 0.980 bits per heavy atom. The molecule has 51 heavy (non-hydrogen) atoms. The third-order valence-corrected chi connectivity index (χ3v) is 10.3. The summed E-state index contributed by atoms with van der Waals surface area (Å²) in [7, 11) is 0. The van der Waals surface area contributed by atoms with Crippen LogP contribution in [0, 0.1) is 28.6 Å². The number of primary amides is 1. The van der Waals surface area contributed by atoms with Crippen LogP contribution in [0.2, 0.25) is 0 Å². The quantitative estimate of drug-likeness (QED) is 0.0588. The van der Waals surface area contributed by atoms with Crippen molar-refractivity contribution in [1.82, 2.24) is 25.8 Å². The van der Waals surface area contributed by atoms with Gasteiger partial charge in [-0.05, 0) is 41.4 Å². The first-order valence-corrected chi connectivity index (χ1v) is 17.5. The average Bonchev–Trinajstić information content (AvgIpc) is 3.55. The standard InChI is InChI=1S/C36H55N7O8/c1-10-22-23(16-38-51)32(48)43(31(22)47)18-26(35(4,5)6)40-34(50)41-28(36(7,8)9)33(49)42-17-21(19(2)3)15-25(42)30(46)39-24(27(44)29(37)45)14-20-12-11-13-20/h10,16,19-21,24-26,28,51H,1,11-15,17-18H2,2-9H3,(H2,37,45)(H,39,46)(H2,40,41,50)/b38-16+/t21-,24?,25+,26-,28-/m1/s1. The number of carbonyl (C=O) groups excluding carboxylic acids is 7. The maximum absolute atomic E-state index is 14.4. The maximum Gasteiger partial charge on any atom is 0.315 e. The van der Waals surface area contributed by atoms with Gasteiger partial charge in [-0.25, -0.2) is 4.79 Å². The fourth-order valence-electron chi connectivity index (χ4n) is 6.60. The summed E-state index contributed by atoms with van der Waals surface area (Å²) in [4.78, 5) is 95.0. The highest BCUT2D eigenvalue weighted by Crippen LogP contribution is 2.34. The normalized spacial score (nSPS) is 21.8. The van der Waals surface area contributed by atoms with E-state index in [1.165, 1.54) is 11.0 Å². The minimum Gasteiger partial charge on any atom is -0.411 e. The van der Waals surface area contributed by atoms with Gasteiger partial charge in [0.2, 0.25) is 17.6 Å². The molecular formula is C36H55N7O8. The lowest BCUT2D eigenvalue weighted by Gasteiger charge is -2.38. The van der Waals surface area contributed by atoms with Crippen LogP contribution in [0.1, 0.15) is 87.5 Å². The van der Waals surface area contributed by atoms with Crippen LogP contribution in [0.3, 0.4) is 0 Å². The molecule has 2 heterocycles. The minimum absolute atomic E-state index is 0.0365. The molecule has 3 rings (SSSR count). The Bertz CT molecular complexity index is 1480. The van der Waals surface area contributed by atoms with Gasteiger partial charge in [0.05, 0.1) is 36.0 Å². The summed E-state index contributed by atoms with van der Waals surface area (Å²) in [5.74, 6) is -4.19. The van der Waals surface area contributed by atoms with E-state index in [4.69, 9.17) is 10.9 Å². The number of carbonyl (C=O) groups is 7. The Morgan fingerprint density at radius 3 is 2.06 bits per heavy atom. The Labute approximate surface area is 299 Å². The smallest absolute Gasteiger partial charge is 0.315 e. The van der Waals surface area contributed by atoms with Gasteiger partial charge in [-0.3, -0.25) is 33.7 Å². The summed E-state index contributed by atoms with van der Waals surface area (Å²) in [6.07, 6.45) is 5.45. The van der Waals surface area contributed by atoms with E-state index in [0.717, 1.165) is 30.4 Å². The highest BCUT2D eigenvalue weighted by molar-refractivity contribution is 6.37. The molecule has 0 spiro atoms. The second-order valence-corrected chi connectivity index (χ2v) is 16.4. The van der Waals surface area contributed by atoms with Gasteiger partial charge in [0, 0.05) is 6.54 Å². The molecule has 2 aliphatic heterocycles. The number of likely N-dealkylation sites (tertiary alicyclic amines) is 1. The van der Waals surface area contributed by atoms with Gasteiger partial charge in [0.15, 0.2) is 0 Å². The zero-order valence-corrected chi connectivity index (χ0v) is 31.1. The lowest BCUT2D eigenvalue weighted by atomic mass is 9.80. The van der Waals surface area contributed by atoms with Gasteiger partial charge in [-0.15, -0.1) is 0 Å². The Kier molecular flexibility index (Phi) is 13.0. The summed E-state index contributed by atoms with van der Waals surface area (Å²) in [5.41, 5.74) is 3.63. The van der Waals surface area contributed by atoms with Crippen molar-refractivity contribution in [3.05, 3.63) is 23.8 Å². The molecule has 1 saturated carbocycles. The average molecular weight is 714 g/mol.